The maximum absolute atomic E-state index is 11.7. The summed E-state index contributed by atoms with van der Waals surface area (Å²) in [6.45, 7) is 1.20. The third kappa shape index (κ3) is 2.30. The Labute approximate surface area is 103 Å². The summed E-state index contributed by atoms with van der Waals surface area (Å²) in [6, 6.07) is 2.41. The minimum absolute atomic E-state index is 0.146. The van der Waals surface area contributed by atoms with Crippen molar-refractivity contribution in [2.75, 3.05) is 31.7 Å². The summed E-state index contributed by atoms with van der Waals surface area (Å²) in [5, 5.41) is 11.3. The molecule has 98 valence electrons. The molecule has 1 saturated heterocycles. The molecule has 18 heavy (non-hydrogen) atoms. The van der Waals surface area contributed by atoms with E-state index in [1.165, 1.54) is 6.07 Å². The molecule has 2 heterocycles. The van der Waals surface area contributed by atoms with E-state index in [-0.39, 0.29) is 18.3 Å². The summed E-state index contributed by atoms with van der Waals surface area (Å²) >= 11 is 0. The zero-order valence-corrected chi connectivity index (χ0v) is 9.88. The Morgan fingerprint density at radius 3 is 2.89 bits per heavy atom. The molecule has 1 atom stereocenters. The molecule has 0 aliphatic carbocycles. The van der Waals surface area contributed by atoms with Crippen LogP contribution < -0.4 is 10.2 Å². The Balaban J connectivity index is 2.22. The zero-order valence-electron chi connectivity index (χ0n) is 9.88. The third-order valence-corrected chi connectivity index (χ3v) is 2.76. The highest BCUT2D eigenvalue weighted by atomic mass is 16.5. The average Bonchev–Trinajstić information content (AvgIpc) is 2.87. The number of nitrogens with zero attached hydrogens (tertiary/aromatic N) is 1. The van der Waals surface area contributed by atoms with Crippen LogP contribution in [0.25, 0.3) is 0 Å². The number of aromatic carboxylic acids is 1. The number of carbonyl (C=O) groups excluding carboxylic acids is 1. The van der Waals surface area contributed by atoms with E-state index in [1.807, 2.05) is 0 Å². The van der Waals surface area contributed by atoms with Gasteiger partial charge in [0.15, 0.2) is 5.88 Å². The van der Waals surface area contributed by atoms with Gasteiger partial charge in [-0.25, -0.2) is 4.79 Å². The number of carbonyl (C=O) groups is 2. The number of furan rings is 1. The molecule has 1 fully saturated rings. The van der Waals surface area contributed by atoms with Crippen molar-refractivity contribution in [1.29, 1.82) is 0 Å². The molecule has 0 radical (unpaired) electrons. The molecule has 7 nitrogen and oxygen atoms in total. The number of nitrogens with one attached hydrogen (secondary N) is 1. The molecule has 1 amide bonds. The average molecular weight is 254 g/mol. The lowest BCUT2D eigenvalue weighted by molar-refractivity contribution is -0.124. The molecular formula is C11H14N2O5. The lowest BCUT2D eigenvalue weighted by Gasteiger charge is -2.33. The van der Waals surface area contributed by atoms with Crippen LogP contribution in [0.15, 0.2) is 16.5 Å². The van der Waals surface area contributed by atoms with Crippen molar-refractivity contribution in [2.24, 2.45) is 0 Å². The maximum Gasteiger partial charge on any atom is 0.371 e. The van der Waals surface area contributed by atoms with Crippen molar-refractivity contribution >= 4 is 17.8 Å². The summed E-state index contributed by atoms with van der Waals surface area (Å²) in [6.07, 6.45) is 0. The fraction of sp³-hybridized carbons (Fsp3) is 0.455. The lowest BCUT2D eigenvalue weighted by atomic mass is 10.2. The number of ether oxygens (including phenoxy) is 1. The van der Waals surface area contributed by atoms with E-state index in [2.05, 4.69) is 5.32 Å². The summed E-state index contributed by atoms with van der Waals surface area (Å²) in [4.78, 5) is 24.2. The second-order valence-corrected chi connectivity index (χ2v) is 3.84. The van der Waals surface area contributed by atoms with Gasteiger partial charge in [0.25, 0.3) is 0 Å². The molecule has 2 rings (SSSR count). The quantitative estimate of drug-likeness (QED) is 0.784. The Morgan fingerprint density at radius 1 is 1.50 bits per heavy atom. The first-order valence-corrected chi connectivity index (χ1v) is 5.52. The largest absolute Gasteiger partial charge is 0.475 e. The first-order valence-electron chi connectivity index (χ1n) is 5.52. The second-order valence-electron chi connectivity index (χ2n) is 3.84. The summed E-state index contributed by atoms with van der Waals surface area (Å²) in [7, 11) is 1.54. The number of amides is 1. The molecule has 0 bridgehead atoms. The van der Waals surface area contributed by atoms with E-state index in [0.717, 1.165) is 0 Å². The molecule has 0 spiro atoms. The number of rotatable bonds is 3. The molecule has 0 saturated carbocycles. The van der Waals surface area contributed by atoms with Crippen molar-refractivity contribution in [3.05, 3.63) is 17.9 Å². The fourth-order valence-electron chi connectivity index (χ4n) is 1.85. The van der Waals surface area contributed by atoms with Crippen LogP contribution in [0.4, 0.5) is 5.88 Å². The van der Waals surface area contributed by atoms with Crippen LogP contribution in [-0.2, 0) is 9.53 Å². The number of carboxylic acids is 1. The van der Waals surface area contributed by atoms with Gasteiger partial charge < -0.3 is 24.5 Å². The Hall–Kier alpha value is -2.02. The van der Waals surface area contributed by atoms with Gasteiger partial charge in [-0.05, 0) is 6.07 Å². The molecule has 2 N–H and O–H groups in total. The highest BCUT2D eigenvalue weighted by Gasteiger charge is 2.31. The molecule has 1 aromatic rings. The van der Waals surface area contributed by atoms with Gasteiger partial charge in [0.2, 0.25) is 11.7 Å². The molecule has 7 heteroatoms. The van der Waals surface area contributed by atoms with E-state index in [9.17, 15) is 9.59 Å². The smallest absolute Gasteiger partial charge is 0.371 e. The van der Waals surface area contributed by atoms with Crippen molar-refractivity contribution in [3.8, 4) is 0 Å². The molecule has 1 aliphatic heterocycles. The predicted molar refractivity (Wildman–Crippen MR) is 61.7 cm³/mol. The van der Waals surface area contributed by atoms with Crippen molar-refractivity contribution < 1.29 is 23.8 Å². The molecule has 1 unspecified atom stereocenters. The van der Waals surface area contributed by atoms with Gasteiger partial charge in [-0.1, -0.05) is 0 Å². The Kier molecular flexibility index (Phi) is 3.52. The molecule has 0 aromatic carbocycles. The standard InChI is InChI=1S/C11H14N2O5/c1-12-10(14)7-6-17-5-4-13(7)9-3-2-8(18-9)11(15)16/h2-3,7H,4-6H2,1H3,(H,12,14)(H,15,16). The maximum atomic E-state index is 11.7. The topological polar surface area (TPSA) is 92.0 Å². The van der Waals surface area contributed by atoms with E-state index < -0.39 is 12.0 Å². The Bertz CT molecular complexity index is 456. The highest BCUT2D eigenvalue weighted by molar-refractivity contribution is 5.86. The lowest BCUT2D eigenvalue weighted by Crippen LogP contribution is -2.53. The van der Waals surface area contributed by atoms with Crippen LogP contribution in [0.2, 0.25) is 0 Å². The number of hydrogen-bond acceptors (Lipinski definition) is 5. The third-order valence-electron chi connectivity index (χ3n) is 2.76. The van der Waals surface area contributed by atoms with Gasteiger partial charge in [0.05, 0.1) is 13.2 Å². The molecule has 1 aromatic heterocycles. The zero-order chi connectivity index (χ0) is 13.1. The highest BCUT2D eigenvalue weighted by Crippen LogP contribution is 2.22. The summed E-state index contributed by atoms with van der Waals surface area (Å²) in [5.74, 6) is -1.11. The van der Waals surface area contributed by atoms with Crippen LogP contribution >= 0.6 is 0 Å². The fourth-order valence-corrected chi connectivity index (χ4v) is 1.85. The van der Waals surface area contributed by atoms with E-state index in [1.54, 1.807) is 18.0 Å². The summed E-state index contributed by atoms with van der Waals surface area (Å²) in [5.41, 5.74) is 0. The summed E-state index contributed by atoms with van der Waals surface area (Å²) < 4.78 is 10.5. The van der Waals surface area contributed by atoms with Gasteiger partial charge in [0, 0.05) is 19.7 Å². The number of likely N-dealkylation sites (N-methyl/N-ethyl adjacent to an activating group) is 1. The number of carboxylic acid groups (broad SMARTS) is 1. The van der Waals surface area contributed by atoms with Crippen molar-refractivity contribution in [2.45, 2.75) is 6.04 Å². The van der Waals surface area contributed by atoms with Crippen molar-refractivity contribution in [3.63, 3.8) is 0 Å². The number of hydrogen-bond donors (Lipinski definition) is 2. The van der Waals surface area contributed by atoms with E-state index >= 15 is 0 Å². The van der Waals surface area contributed by atoms with Crippen molar-refractivity contribution in [1.82, 2.24) is 5.32 Å². The Morgan fingerprint density at radius 2 is 2.28 bits per heavy atom. The first kappa shape index (κ1) is 12.4. The van der Waals surface area contributed by atoms with E-state index in [4.69, 9.17) is 14.3 Å². The van der Waals surface area contributed by atoms with Gasteiger partial charge in [-0.3, -0.25) is 4.79 Å². The van der Waals surface area contributed by atoms with Crippen LogP contribution in [0.5, 0.6) is 0 Å². The minimum atomic E-state index is -1.13. The SMILES string of the molecule is CNC(=O)C1COCCN1c1ccc(C(=O)O)o1. The molecular weight excluding hydrogens is 240 g/mol. The van der Waals surface area contributed by atoms with Gasteiger partial charge >= 0.3 is 5.97 Å². The van der Waals surface area contributed by atoms with Crippen LogP contribution in [0, 0.1) is 0 Å². The second kappa shape index (κ2) is 5.09. The number of morpholine rings is 1. The molecule has 1 aliphatic rings. The van der Waals surface area contributed by atoms with Gasteiger partial charge in [-0.15, -0.1) is 0 Å². The normalized spacial score (nSPS) is 19.6. The van der Waals surface area contributed by atoms with E-state index in [0.29, 0.717) is 19.0 Å². The first-order chi connectivity index (χ1) is 8.63. The minimum Gasteiger partial charge on any atom is -0.475 e. The van der Waals surface area contributed by atoms with Crippen LogP contribution in [0.3, 0.4) is 0 Å². The monoisotopic (exact) mass is 254 g/mol. The van der Waals surface area contributed by atoms with Crippen LogP contribution in [-0.4, -0.2) is 49.8 Å². The predicted octanol–water partition coefficient (Wildman–Crippen LogP) is -0.0710. The van der Waals surface area contributed by atoms with Crippen LogP contribution in [0.1, 0.15) is 10.6 Å². The van der Waals surface area contributed by atoms with Gasteiger partial charge in [-0.2, -0.15) is 0 Å². The van der Waals surface area contributed by atoms with Gasteiger partial charge in [0.1, 0.15) is 6.04 Å². The number of anilines is 1.